The number of hydrogen-bond donors (Lipinski definition) is 1. The highest BCUT2D eigenvalue weighted by Crippen LogP contribution is 2.25. The van der Waals surface area contributed by atoms with Gasteiger partial charge in [-0.15, -0.1) is 0 Å². The SMILES string of the molecule is COc1ccc2c(NCCCOCC(C)C)nccc2c1. The van der Waals surface area contributed by atoms with Crippen LogP contribution in [0.15, 0.2) is 30.5 Å². The molecule has 21 heavy (non-hydrogen) atoms. The summed E-state index contributed by atoms with van der Waals surface area (Å²) < 4.78 is 10.8. The number of benzene rings is 1. The molecule has 0 spiro atoms. The highest BCUT2D eigenvalue weighted by atomic mass is 16.5. The van der Waals surface area contributed by atoms with Crippen molar-refractivity contribution < 1.29 is 9.47 Å². The van der Waals surface area contributed by atoms with Crippen LogP contribution in [0.2, 0.25) is 0 Å². The van der Waals surface area contributed by atoms with Gasteiger partial charge in [-0.2, -0.15) is 0 Å². The summed E-state index contributed by atoms with van der Waals surface area (Å²) in [6.07, 6.45) is 2.79. The number of pyridine rings is 1. The van der Waals surface area contributed by atoms with Gasteiger partial charge in [-0.05, 0) is 42.0 Å². The lowest BCUT2D eigenvalue weighted by molar-refractivity contribution is 0.110. The van der Waals surface area contributed by atoms with Gasteiger partial charge in [0.05, 0.1) is 7.11 Å². The van der Waals surface area contributed by atoms with Crippen LogP contribution in [0.3, 0.4) is 0 Å². The first kappa shape index (κ1) is 15.6. The lowest BCUT2D eigenvalue weighted by Gasteiger charge is -2.10. The standard InChI is InChI=1S/C17H24N2O2/c1-13(2)12-21-10-4-8-18-17-16-6-5-15(20-3)11-14(16)7-9-19-17/h5-7,9,11,13H,4,8,10,12H2,1-3H3,(H,18,19). The molecule has 0 aliphatic carbocycles. The van der Waals surface area contributed by atoms with Gasteiger partial charge in [-0.25, -0.2) is 4.98 Å². The van der Waals surface area contributed by atoms with E-state index in [2.05, 4.69) is 24.1 Å². The summed E-state index contributed by atoms with van der Waals surface area (Å²) in [5, 5.41) is 5.62. The third-order valence-corrected chi connectivity index (χ3v) is 3.18. The first-order valence-electron chi connectivity index (χ1n) is 7.45. The summed E-state index contributed by atoms with van der Waals surface area (Å²) in [6, 6.07) is 8.02. The molecule has 0 aliphatic heterocycles. The van der Waals surface area contributed by atoms with Crippen LogP contribution < -0.4 is 10.1 Å². The van der Waals surface area contributed by atoms with Crippen LogP contribution >= 0.6 is 0 Å². The summed E-state index contributed by atoms with van der Waals surface area (Å²) in [5.41, 5.74) is 0. The van der Waals surface area contributed by atoms with Crippen molar-refractivity contribution in [2.45, 2.75) is 20.3 Å². The van der Waals surface area contributed by atoms with Gasteiger partial charge in [-0.1, -0.05) is 13.8 Å². The molecule has 0 radical (unpaired) electrons. The molecule has 114 valence electrons. The molecule has 0 fully saturated rings. The second-order valence-corrected chi connectivity index (χ2v) is 5.50. The van der Waals surface area contributed by atoms with Crippen molar-refractivity contribution in [2.24, 2.45) is 5.92 Å². The Bertz CT molecular complexity index is 570. The van der Waals surface area contributed by atoms with Crippen LogP contribution in [-0.4, -0.2) is 31.9 Å². The lowest BCUT2D eigenvalue weighted by atomic mass is 10.1. The van der Waals surface area contributed by atoms with Crippen molar-refractivity contribution in [3.05, 3.63) is 30.5 Å². The van der Waals surface area contributed by atoms with Crippen LogP contribution in [0, 0.1) is 5.92 Å². The molecule has 4 heteroatoms. The van der Waals surface area contributed by atoms with Crippen molar-refractivity contribution in [2.75, 3.05) is 32.2 Å². The molecule has 1 aromatic heterocycles. The number of ether oxygens (including phenoxy) is 2. The third-order valence-electron chi connectivity index (χ3n) is 3.18. The molecule has 0 unspecified atom stereocenters. The Morgan fingerprint density at radius 2 is 2.10 bits per heavy atom. The van der Waals surface area contributed by atoms with Gasteiger partial charge in [0.2, 0.25) is 0 Å². The molecule has 0 amide bonds. The van der Waals surface area contributed by atoms with Crippen LogP contribution in [0.1, 0.15) is 20.3 Å². The van der Waals surface area contributed by atoms with E-state index in [0.29, 0.717) is 5.92 Å². The van der Waals surface area contributed by atoms with Crippen molar-refractivity contribution >= 4 is 16.6 Å². The molecular weight excluding hydrogens is 264 g/mol. The highest BCUT2D eigenvalue weighted by Gasteiger charge is 2.03. The molecule has 0 aliphatic rings. The molecule has 0 saturated carbocycles. The Morgan fingerprint density at radius 1 is 1.24 bits per heavy atom. The van der Waals surface area contributed by atoms with Crippen LogP contribution in [0.25, 0.3) is 10.8 Å². The minimum Gasteiger partial charge on any atom is -0.497 e. The Kier molecular flexibility index (Phi) is 5.81. The van der Waals surface area contributed by atoms with Crippen molar-refractivity contribution in [3.63, 3.8) is 0 Å². The fraction of sp³-hybridized carbons (Fsp3) is 0.471. The number of rotatable bonds is 8. The molecule has 1 heterocycles. The van der Waals surface area contributed by atoms with Crippen molar-refractivity contribution in [1.82, 2.24) is 4.98 Å². The molecule has 0 bridgehead atoms. The summed E-state index contributed by atoms with van der Waals surface area (Å²) in [4.78, 5) is 4.42. The molecule has 0 atom stereocenters. The topological polar surface area (TPSA) is 43.4 Å². The summed E-state index contributed by atoms with van der Waals surface area (Å²) in [7, 11) is 1.68. The Morgan fingerprint density at radius 3 is 2.86 bits per heavy atom. The number of fused-ring (bicyclic) bond motifs is 1. The third kappa shape index (κ3) is 4.60. The van der Waals surface area contributed by atoms with Gasteiger partial charge >= 0.3 is 0 Å². The second kappa shape index (κ2) is 7.84. The molecule has 1 N–H and O–H groups in total. The molecule has 0 saturated heterocycles. The minimum atomic E-state index is 0.590. The average molecular weight is 288 g/mol. The van der Waals surface area contributed by atoms with Crippen LogP contribution in [-0.2, 0) is 4.74 Å². The van der Waals surface area contributed by atoms with Crippen molar-refractivity contribution in [3.8, 4) is 5.75 Å². The summed E-state index contributed by atoms with van der Waals surface area (Å²) in [6.45, 7) is 6.78. The predicted molar refractivity (Wildman–Crippen MR) is 87.1 cm³/mol. The monoisotopic (exact) mass is 288 g/mol. The number of nitrogens with one attached hydrogen (secondary N) is 1. The molecule has 1 aromatic carbocycles. The zero-order chi connectivity index (χ0) is 15.1. The lowest BCUT2D eigenvalue weighted by Crippen LogP contribution is -2.09. The summed E-state index contributed by atoms with van der Waals surface area (Å²) in [5.74, 6) is 2.37. The van der Waals surface area contributed by atoms with E-state index in [4.69, 9.17) is 9.47 Å². The first-order chi connectivity index (χ1) is 10.2. The number of hydrogen-bond acceptors (Lipinski definition) is 4. The van der Waals surface area contributed by atoms with Gasteiger partial charge in [-0.3, -0.25) is 0 Å². The zero-order valence-electron chi connectivity index (χ0n) is 13.1. The second-order valence-electron chi connectivity index (χ2n) is 5.50. The van der Waals surface area contributed by atoms with E-state index in [9.17, 15) is 0 Å². The number of methoxy groups -OCH3 is 1. The van der Waals surface area contributed by atoms with E-state index in [1.54, 1.807) is 7.11 Å². The Labute approximate surface area is 126 Å². The fourth-order valence-electron chi connectivity index (χ4n) is 2.12. The maximum atomic E-state index is 5.57. The van der Waals surface area contributed by atoms with E-state index in [1.807, 2.05) is 30.5 Å². The molecular formula is C17H24N2O2. The number of nitrogens with zero attached hydrogens (tertiary/aromatic N) is 1. The average Bonchev–Trinajstić information content (AvgIpc) is 2.49. The smallest absolute Gasteiger partial charge is 0.133 e. The molecule has 2 rings (SSSR count). The minimum absolute atomic E-state index is 0.590. The maximum Gasteiger partial charge on any atom is 0.133 e. The van der Waals surface area contributed by atoms with Crippen LogP contribution in [0.4, 0.5) is 5.82 Å². The van der Waals surface area contributed by atoms with Gasteiger partial charge in [0.25, 0.3) is 0 Å². The molecule has 4 nitrogen and oxygen atoms in total. The first-order valence-corrected chi connectivity index (χ1v) is 7.45. The predicted octanol–water partition coefficient (Wildman–Crippen LogP) is 3.72. The highest BCUT2D eigenvalue weighted by molar-refractivity contribution is 5.92. The zero-order valence-corrected chi connectivity index (χ0v) is 13.1. The van der Waals surface area contributed by atoms with E-state index < -0.39 is 0 Å². The Balaban J connectivity index is 1.90. The fourth-order valence-corrected chi connectivity index (χ4v) is 2.12. The van der Waals surface area contributed by atoms with Crippen LogP contribution in [0.5, 0.6) is 5.75 Å². The maximum absolute atomic E-state index is 5.57. The van der Waals surface area contributed by atoms with Gasteiger partial charge < -0.3 is 14.8 Å². The quantitative estimate of drug-likeness (QED) is 0.752. The van der Waals surface area contributed by atoms with E-state index in [-0.39, 0.29) is 0 Å². The summed E-state index contributed by atoms with van der Waals surface area (Å²) >= 11 is 0. The number of aromatic nitrogens is 1. The van der Waals surface area contributed by atoms with E-state index in [1.165, 1.54) is 0 Å². The van der Waals surface area contributed by atoms with Gasteiger partial charge in [0.15, 0.2) is 0 Å². The number of anilines is 1. The van der Waals surface area contributed by atoms with Gasteiger partial charge in [0.1, 0.15) is 11.6 Å². The van der Waals surface area contributed by atoms with E-state index in [0.717, 1.165) is 48.5 Å². The molecule has 2 aromatic rings. The Hall–Kier alpha value is -1.81. The van der Waals surface area contributed by atoms with Gasteiger partial charge in [0, 0.05) is 31.3 Å². The van der Waals surface area contributed by atoms with E-state index >= 15 is 0 Å². The largest absolute Gasteiger partial charge is 0.497 e. The normalized spacial score (nSPS) is 11.0. The van der Waals surface area contributed by atoms with Crippen molar-refractivity contribution in [1.29, 1.82) is 0 Å².